The highest BCUT2D eigenvalue weighted by atomic mass is 16.5. The summed E-state index contributed by atoms with van der Waals surface area (Å²) in [6.45, 7) is 0.0578. The number of rotatable bonds is 15. The Balaban J connectivity index is 1.84. The summed E-state index contributed by atoms with van der Waals surface area (Å²) < 4.78 is 16.5. The highest BCUT2D eigenvalue weighted by molar-refractivity contribution is 5.89. The van der Waals surface area contributed by atoms with E-state index in [1.807, 2.05) is 12.1 Å². The number of methoxy groups -OCH3 is 1. The number of esters is 3. The predicted octanol–water partition coefficient (Wildman–Crippen LogP) is 6.35. The number of hydrogen-bond acceptors (Lipinski definition) is 7. The Morgan fingerprint density at radius 2 is 1.36 bits per heavy atom. The van der Waals surface area contributed by atoms with Crippen LogP contribution in [0.1, 0.15) is 91.3 Å². The second-order valence-corrected chi connectivity index (χ2v) is 10.7. The van der Waals surface area contributed by atoms with Gasteiger partial charge in [0.15, 0.2) is 0 Å². The van der Waals surface area contributed by atoms with Crippen molar-refractivity contribution in [1.29, 1.82) is 0 Å². The van der Waals surface area contributed by atoms with Crippen LogP contribution >= 0.6 is 0 Å². The van der Waals surface area contributed by atoms with E-state index in [2.05, 4.69) is 0 Å². The van der Waals surface area contributed by atoms with Crippen LogP contribution in [-0.2, 0) is 23.8 Å². The number of carbonyl (C=O) groups excluding carboxylic acids is 4. The summed E-state index contributed by atoms with van der Waals surface area (Å²) >= 11 is 0. The van der Waals surface area contributed by atoms with Crippen LogP contribution in [0.25, 0.3) is 0 Å². The molecule has 0 atom stereocenters. The first-order valence-corrected chi connectivity index (χ1v) is 13.9. The molecular weight excluding hydrogens is 496 g/mol. The standard InChI is InChI=1S/C32H40O7/c1-37-28(34)16-11-19-32(24-38-29(35)26-12-5-2-6-13-26,25-39-30(36)27-14-7-3-8-15-27)21-20-31(22-23-33)17-9-4-10-18-31/h2-3,5-8,12-15,23H,4,9-11,16-22,24-25H2,1H3. The molecule has 7 nitrogen and oxygen atoms in total. The molecule has 1 saturated carbocycles. The van der Waals surface area contributed by atoms with Crippen molar-refractivity contribution in [3.63, 3.8) is 0 Å². The molecule has 1 aliphatic carbocycles. The summed E-state index contributed by atoms with van der Waals surface area (Å²) in [7, 11) is 1.35. The highest BCUT2D eigenvalue weighted by Gasteiger charge is 2.39. The Morgan fingerprint density at radius 3 is 1.85 bits per heavy atom. The Kier molecular flexibility index (Phi) is 11.7. The number of aldehydes is 1. The topological polar surface area (TPSA) is 96.0 Å². The van der Waals surface area contributed by atoms with Gasteiger partial charge in [-0.25, -0.2) is 9.59 Å². The van der Waals surface area contributed by atoms with Gasteiger partial charge in [0.1, 0.15) is 19.5 Å². The largest absolute Gasteiger partial charge is 0.469 e. The van der Waals surface area contributed by atoms with Gasteiger partial charge >= 0.3 is 17.9 Å². The zero-order valence-electron chi connectivity index (χ0n) is 22.9. The summed E-state index contributed by atoms with van der Waals surface area (Å²) in [6, 6.07) is 17.5. The zero-order valence-corrected chi connectivity index (χ0v) is 22.9. The van der Waals surface area contributed by atoms with Gasteiger partial charge in [0.25, 0.3) is 0 Å². The smallest absolute Gasteiger partial charge is 0.338 e. The Hall–Kier alpha value is -3.48. The molecule has 0 aliphatic heterocycles. The van der Waals surface area contributed by atoms with Crippen LogP contribution in [0.15, 0.2) is 60.7 Å². The first kappa shape index (κ1) is 30.1. The van der Waals surface area contributed by atoms with Gasteiger partial charge in [-0.1, -0.05) is 55.7 Å². The highest BCUT2D eigenvalue weighted by Crippen LogP contribution is 2.46. The lowest BCUT2D eigenvalue weighted by Gasteiger charge is -2.40. The molecule has 0 N–H and O–H groups in total. The van der Waals surface area contributed by atoms with Crippen LogP contribution in [0, 0.1) is 10.8 Å². The van der Waals surface area contributed by atoms with E-state index in [9.17, 15) is 19.2 Å². The van der Waals surface area contributed by atoms with Gasteiger partial charge in [0.05, 0.1) is 18.2 Å². The van der Waals surface area contributed by atoms with Gasteiger partial charge in [0.2, 0.25) is 0 Å². The average Bonchev–Trinajstić information content (AvgIpc) is 2.98. The molecule has 1 fully saturated rings. The van der Waals surface area contributed by atoms with E-state index in [0.29, 0.717) is 36.8 Å². The molecule has 0 spiro atoms. The molecule has 0 bridgehead atoms. The SMILES string of the molecule is COC(=O)CCCC(CCC1(CC=O)CCCCC1)(COC(=O)c1ccccc1)COC(=O)c1ccccc1. The molecule has 39 heavy (non-hydrogen) atoms. The van der Waals surface area contributed by atoms with Crippen molar-refractivity contribution in [3.8, 4) is 0 Å². The molecule has 1 aliphatic rings. The van der Waals surface area contributed by atoms with Crippen molar-refractivity contribution in [2.75, 3.05) is 20.3 Å². The van der Waals surface area contributed by atoms with Crippen molar-refractivity contribution in [1.82, 2.24) is 0 Å². The summed E-state index contributed by atoms with van der Waals surface area (Å²) in [5, 5.41) is 0. The second-order valence-electron chi connectivity index (χ2n) is 10.7. The molecule has 3 rings (SSSR count). The van der Waals surface area contributed by atoms with Crippen molar-refractivity contribution in [2.24, 2.45) is 10.8 Å². The lowest BCUT2D eigenvalue weighted by molar-refractivity contribution is -0.141. The quantitative estimate of drug-likeness (QED) is 0.149. The minimum atomic E-state index is -0.726. The van der Waals surface area contributed by atoms with Gasteiger partial charge in [-0.05, 0) is 68.2 Å². The lowest BCUT2D eigenvalue weighted by Crippen LogP contribution is -2.37. The van der Waals surface area contributed by atoms with Crippen molar-refractivity contribution < 1.29 is 33.4 Å². The van der Waals surface area contributed by atoms with Crippen LogP contribution in [0.3, 0.4) is 0 Å². The van der Waals surface area contributed by atoms with E-state index in [0.717, 1.165) is 44.8 Å². The molecule has 210 valence electrons. The lowest BCUT2D eigenvalue weighted by atomic mass is 9.66. The zero-order chi connectivity index (χ0) is 28.0. The maximum Gasteiger partial charge on any atom is 0.338 e. The average molecular weight is 537 g/mol. The summed E-state index contributed by atoms with van der Waals surface area (Å²) in [6.07, 6.45) is 9.27. The van der Waals surface area contributed by atoms with Crippen molar-refractivity contribution in [2.45, 2.75) is 70.6 Å². The third-order valence-corrected chi connectivity index (χ3v) is 7.97. The Bertz CT molecular complexity index is 1000. The molecule has 0 saturated heterocycles. The maximum absolute atomic E-state index is 12.9. The van der Waals surface area contributed by atoms with Crippen molar-refractivity contribution >= 4 is 24.2 Å². The number of carbonyl (C=O) groups is 4. The van der Waals surface area contributed by atoms with E-state index in [-0.39, 0.29) is 31.0 Å². The fraction of sp³-hybridized carbons (Fsp3) is 0.500. The number of hydrogen-bond donors (Lipinski definition) is 0. The van der Waals surface area contributed by atoms with Crippen LogP contribution < -0.4 is 0 Å². The fourth-order valence-corrected chi connectivity index (χ4v) is 5.48. The van der Waals surface area contributed by atoms with E-state index >= 15 is 0 Å². The molecule has 0 radical (unpaired) electrons. The second kappa shape index (κ2) is 15.2. The minimum absolute atomic E-state index is 0.0289. The van der Waals surface area contributed by atoms with Gasteiger partial charge in [-0.15, -0.1) is 0 Å². The Morgan fingerprint density at radius 1 is 0.821 bits per heavy atom. The third-order valence-electron chi connectivity index (χ3n) is 7.97. The van der Waals surface area contributed by atoms with Crippen molar-refractivity contribution in [3.05, 3.63) is 71.8 Å². The molecule has 0 heterocycles. The molecule has 2 aromatic rings. The molecule has 2 aromatic carbocycles. The Labute approximate surface area is 231 Å². The first-order valence-electron chi connectivity index (χ1n) is 13.9. The summed E-state index contributed by atoms with van der Waals surface area (Å²) in [4.78, 5) is 49.3. The van der Waals surface area contributed by atoms with Crippen LogP contribution in [0.2, 0.25) is 0 Å². The van der Waals surface area contributed by atoms with Gasteiger partial charge in [0, 0.05) is 18.3 Å². The third kappa shape index (κ3) is 9.34. The molecule has 7 heteroatoms. The summed E-state index contributed by atoms with van der Waals surface area (Å²) in [5.74, 6) is -1.23. The minimum Gasteiger partial charge on any atom is -0.469 e. The van der Waals surface area contributed by atoms with E-state index in [1.165, 1.54) is 7.11 Å². The molecule has 0 amide bonds. The van der Waals surface area contributed by atoms with Crippen LogP contribution in [-0.4, -0.2) is 44.5 Å². The monoisotopic (exact) mass is 536 g/mol. The molecule has 0 unspecified atom stereocenters. The van der Waals surface area contributed by atoms with Gasteiger partial charge in [-0.2, -0.15) is 0 Å². The predicted molar refractivity (Wildman–Crippen MR) is 147 cm³/mol. The van der Waals surface area contributed by atoms with E-state index in [1.54, 1.807) is 48.5 Å². The van der Waals surface area contributed by atoms with E-state index in [4.69, 9.17) is 14.2 Å². The first-order chi connectivity index (χ1) is 18.9. The number of ether oxygens (including phenoxy) is 3. The van der Waals surface area contributed by atoms with Gasteiger partial charge < -0.3 is 19.0 Å². The number of benzene rings is 2. The van der Waals surface area contributed by atoms with E-state index < -0.39 is 17.4 Å². The van der Waals surface area contributed by atoms with Gasteiger partial charge in [-0.3, -0.25) is 4.79 Å². The normalized spacial score (nSPS) is 14.7. The molecule has 0 aromatic heterocycles. The summed E-state index contributed by atoms with van der Waals surface area (Å²) in [5.41, 5.74) is 0.0374. The molecular formula is C32H40O7. The van der Waals surface area contributed by atoms with Crippen LogP contribution in [0.5, 0.6) is 0 Å². The maximum atomic E-state index is 12.9. The van der Waals surface area contributed by atoms with Crippen LogP contribution in [0.4, 0.5) is 0 Å². The fourth-order valence-electron chi connectivity index (χ4n) is 5.48.